The van der Waals surface area contributed by atoms with Gasteiger partial charge < -0.3 is 10.2 Å². The lowest BCUT2D eigenvalue weighted by Crippen LogP contribution is -2.28. The zero-order valence-electron chi connectivity index (χ0n) is 17.0. The Kier molecular flexibility index (Phi) is 4.56. The number of hydrogen-bond acceptors (Lipinski definition) is 5. The number of pyridine rings is 1. The number of nitrogens with zero attached hydrogens (tertiary/aromatic N) is 3. The van der Waals surface area contributed by atoms with Gasteiger partial charge in [0.1, 0.15) is 0 Å². The highest BCUT2D eigenvalue weighted by Crippen LogP contribution is 2.46. The zero-order chi connectivity index (χ0) is 20.7. The Morgan fingerprint density at radius 3 is 2.47 bits per heavy atom. The number of aromatic nitrogens is 3. The van der Waals surface area contributed by atoms with E-state index in [-0.39, 0.29) is 17.5 Å². The molecular weight excluding hydrogens is 374 g/mol. The number of aromatic amines is 1. The van der Waals surface area contributed by atoms with Crippen molar-refractivity contribution in [2.45, 2.75) is 18.5 Å². The van der Waals surface area contributed by atoms with Crippen LogP contribution < -0.4 is 10.9 Å². The van der Waals surface area contributed by atoms with Gasteiger partial charge in [-0.05, 0) is 55.1 Å². The third-order valence-corrected chi connectivity index (χ3v) is 5.68. The topological polar surface area (TPSA) is 73.9 Å². The quantitative estimate of drug-likeness (QED) is 0.550. The SMILES string of the molecule is CN(C)Cc1ccc(C2c3n[nH]c(=O)c4cccc(c34)NC2c2ccncc2)cc1. The van der Waals surface area contributed by atoms with Crippen LogP contribution in [0.2, 0.25) is 0 Å². The Bertz CT molecular complexity index is 1250. The van der Waals surface area contributed by atoms with Gasteiger partial charge in [0.25, 0.3) is 5.56 Å². The van der Waals surface area contributed by atoms with Crippen LogP contribution in [0.15, 0.2) is 71.8 Å². The molecular formula is C24H23N5O. The molecule has 0 saturated heterocycles. The summed E-state index contributed by atoms with van der Waals surface area (Å²) >= 11 is 0. The van der Waals surface area contributed by atoms with Crippen LogP contribution in [0.1, 0.15) is 34.3 Å². The minimum Gasteiger partial charge on any atom is -0.377 e. The molecule has 6 heteroatoms. The van der Waals surface area contributed by atoms with Gasteiger partial charge in [-0.25, -0.2) is 5.10 Å². The third kappa shape index (κ3) is 3.15. The summed E-state index contributed by atoms with van der Waals surface area (Å²) < 4.78 is 0. The van der Waals surface area contributed by atoms with Crippen molar-refractivity contribution in [3.63, 3.8) is 0 Å². The number of benzene rings is 2. The number of hydrogen-bond donors (Lipinski definition) is 2. The van der Waals surface area contributed by atoms with Gasteiger partial charge in [0.05, 0.1) is 23.0 Å². The summed E-state index contributed by atoms with van der Waals surface area (Å²) in [6.45, 7) is 0.890. The Hall–Kier alpha value is -3.51. The molecule has 0 radical (unpaired) electrons. The highest BCUT2D eigenvalue weighted by Gasteiger charge is 2.34. The Morgan fingerprint density at radius 1 is 0.967 bits per heavy atom. The molecule has 5 rings (SSSR count). The molecule has 0 bridgehead atoms. The molecule has 2 aromatic heterocycles. The van der Waals surface area contributed by atoms with E-state index in [9.17, 15) is 4.79 Å². The zero-order valence-corrected chi connectivity index (χ0v) is 17.0. The smallest absolute Gasteiger partial charge is 0.272 e. The van der Waals surface area contributed by atoms with E-state index in [0.717, 1.165) is 34.4 Å². The first-order chi connectivity index (χ1) is 14.6. The maximum Gasteiger partial charge on any atom is 0.272 e. The number of H-pyrrole nitrogens is 1. The summed E-state index contributed by atoms with van der Waals surface area (Å²) in [5.74, 6) is -0.0462. The minimum absolute atomic E-state index is 0.0239. The summed E-state index contributed by atoms with van der Waals surface area (Å²) in [6.07, 6.45) is 3.62. The van der Waals surface area contributed by atoms with Crippen molar-refractivity contribution >= 4 is 16.5 Å². The first-order valence-corrected chi connectivity index (χ1v) is 10.0. The molecule has 2 atom stereocenters. The minimum atomic E-state index is -0.167. The Morgan fingerprint density at radius 2 is 1.73 bits per heavy atom. The molecule has 150 valence electrons. The van der Waals surface area contributed by atoms with Crippen LogP contribution in [-0.2, 0) is 6.54 Å². The molecule has 2 aromatic carbocycles. The molecule has 0 fully saturated rings. The Balaban J connectivity index is 1.70. The summed E-state index contributed by atoms with van der Waals surface area (Å²) in [7, 11) is 4.13. The van der Waals surface area contributed by atoms with Gasteiger partial charge in [0.2, 0.25) is 0 Å². The first kappa shape index (κ1) is 18.5. The average Bonchev–Trinajstić information content (AvgIpc) is 2.77. The normalized spacial score (nSPS) is 17.8. The van der Waals surface area contributed by atoms with Crippen molar-refractivity contribution in [2.75, 3.05) is 19.4 Å². The highest BCUT2D eigenvalue weighted by atomic mass is 16.1. The predicted octanol–water partition coefficient (Wildman–Crippen LogP) is 3.68. The van der Waals surface area contributed by atoms with E-state index >= 15 is 0 Å². The van der Waals surface area contributed by atoms with Crippen molar-refractivity contribution in [1.29, 1.82) is 0 Å². The molecule has 30 heavy (non-hydrogen) atoms. The fraction of sp³-hybridized carbons (Fsp3) is 0.208. The van der Waals surface area contributed by atoms with Crippen LogP contribution >= 0.6 is 0 Å². The van der Waals surface area contributed by atoms with Gasteiger partial charge in [0, 0.05) is 30.0 Å². The lowest BCUT2D eigenvalue weighted by atomic mass is 9.80. The largest absolute Gasteiger partial charge is 0.377 e. The lowest BCUT2D eigenvalue weighted by Gasteiger charge is -2.34. The summed E-state index contributed by atoms with van der Waals surface area (Å²) in [5.41, 5.74) is 5.20. The van der Waals surface area contributed by atoms with Crippen molar-refractivity contribution < 1.29 is 0 Å². The van der Waals surface area contributed by atoms with Gasteiger partial charge in [-0.1, -0.05) is 30.3 Å². The van der Waals surface area contributed by atoms with E-state index in [1.54, 1.807) is 0 Å². The van der Waals surface area contributed by atoms with Crippen LogP contribution in [0.3, 0.4) is 0 Å². The molecule has 0 spiro atoms. The molecule has 2 unspecified atom stereocenters. The molecule has 1 aliphatic heterocycles. The number of anilines is 1. The van der Waals surface area contributed by atoms with Crippen molar-refractivity contribution in [3.05, 3.63) is 99.7 Å². The molecule has 4 aromatic rings. The lowest BCUT2D eigenvalue weighted by molar-refractivity contribution is 0.402. The van der Waals surface area contributed by atoms with E-state index in [1.807, 2.05) is 42.7 Å². The van der Waals surface area contributed by atoms with Gasteiger partial charge in [-0.15, -0.1) is 0 Å². The molecule has 0 saturated carbocycles. The molecule has 2 N–H and O–H groups in total. The maximum atomic E-state index is 12.4. The van der Waals surface area contributed by atoms with Crippen molar-refractivity contribution in [1.82, 2.24) is 20.1 Å². The predicted molar refractivity (Wildman–Crippen MR) is 119 cm³/mol. The van der Waals surface area contributed by atoms with Gasteiger partial charge >= 0.3 is 0 Å². The highest BCUT2D eigenvalue weighted by molar-refractivity contribution is 5.97. The second kappa shape index (κ2) is 7.39. The van der Waals surface area contributed by atoms with E-state index in [4.69, 9.17) is 0 Å². The molecule has 1 aliphatic rings. The van der Waals surface area contributed by atoms with Crippen LogP contribution in [0.5, 0.6) is 0 Å². The second-order valence-electron chi connectivity index (χ2n) is 8.03. The first-order valence-electron chi connectivity index (χ1n) is 10.0. The maximum absolute atomic E-state index is 12.4. The summed E-state index contributed by atoms with van der Waals surface area (Å²) in [5, 5.41) is 12.5. The summed E-state index contributed by atoms with van der Waals surface area (Å²) in [4.78, 5) is 18.7. The van der Waals surface area contributed by atoms with Gasteiger partial charge in [-0.3, -0.25) is 9.78 Å². The van der Waals surface area contributed by atoms with Crippen molar-refractivity contribution in [3.8, 4) is 0 Å². The third-order valence-electron chi connectivity index (χ3n) is 5.68. The molecule has 0 amide bonds. The van der Waals surface area contributed by atoms with Crippen LogP contribution in [-0.4, -0.2) is 34.2 Å². The van der Waals surface area contributed by atoms with Crippen LogP contribution in [0, 0.1) is 0 Å². The standard InChI is InChI=1S/C24H23N5O/c1-29(2)14-15-6-8-16(9-7-15)20-22(17-10-12-25-13-11-17)26-19-5-3-4-18-21(19)23(20)27-28-24(18)30/h3-13,20,22,26H,14H2,1-2H3,(H,28,30). The van der Waals surface area contributed by atoms with E-state index < -0.39 is 0 Å². The van der Waals surface area contributed by atoms with E-state index in [2.05, 4.69) is 63.8 Å². The second-order valence-corrected chi connectivity index (χ2v) is 8.03. The fourth-order valence-corrected chi connectivity index (χ4v) is 4.39. The fourth-order valence-electron chi connectivity index (χ4n) is 4.39. The average molecular weight is 397 g/mol. The Labute approximate surface area is 174 Å². The molecule has 6 nitrogen and oxygen atoms in total. The molecule has 3 heterocycles. The van der Waals surface area contributed by atoms with Crippen LogP contribution in [0.4, 0.5) is 5.69 Å². The van der Waals surface area contributed by atoms with E-state index in [1.165, 1.54) is 5.56 Å². The number of rotatable bonds is 4. The van der Waals surface area contributed by atoms with E-state index in [0.29, 0.717) is 5.39 Å². The molecule has 0 aliphatic carbocycles. The van der Waals surface area contributed by atoms with Crippen LogP contribution in [0.25, 0.3) is 10.8 Å². The van der Waals surface area contributed by atoms with Crippen molar-refractivity contribution in [2.24, 2.45) is 0 Å². The monoisotopic (exact) mass is 397 g/mol. The summed E-state index contributed by atoms with van der Waals surface area (Å²) in [6, 6.07) is 18.5. The van der Waals surface area contributed by atoms with Gasteiger partial charge in [0.15, 0.2) is 0 Å². The van der Waals surface area contributed by atoms with Gasteiger partial charge in [-0.2, -0.15) is 5.10 Å². The number of nitrogens with one attached hydrogen (secondary N) is 2.